The Morgan fingerprint density at radius 3 is 2.44 bits per heavy atom. The number of thiazole rings is 1. The van der Waals surface area contributed by atoms with Crippen molar-refractivity contribution in [3.63, 3.8) is 0 Å². The van der Waals surface area contributed by atoms with Gasteiger partial charge in [0.05, 0.1) is 5.69 Å². The lowest BCUT2D eigenvalue weighted by atomic mass is 9.93. The molecule has 2 rings (SSSR count). The van der Waals surface area contributed by atoms with Gasteiger partial charge in [0.15, 0.2) is 0 Å². The highest BCUT2D eigenvalue weighted by atomic mass is 127. The molecule has 0 N–H and O–H groups in total. The van der Waals surface area contributed by atoms with Crippen LogP contribution in [0.4, 0.5) is 0 Å². The molecule has 0 amide bonds. The molecule has 1 heterocycles. The summed E-state index contributed by atoms with van der Waals surface area (Å²) in [6.07, 6.45) is 0. The zero-order valence-electron chi connectivity index (χ0n) is 10.7. The summed E-state index contributed by atoms with van der Waals surface area (Å²) < 4.78 is 6.93. The van der Waals surface area contributed by atoms with E-state index in [0.29, 0.717) is 6.61 Å². The monoisotopic (exact) mass is 373 g/mol. The molecule has 4 heteroatoms. The average molecular weight is 373 g/mol. The van der Waals surface area contributed by atoms with E-state index in [1.165, 1.54) is 3.57 Å². The molecule has 0 atom stereocenters. The highest BCUT2D eigenvalue weighted by molar-refractivity contribution is 14.1. The molecule has 0 fully saturated rings. The van der Waals surface area contributed by atoms with Crippen LogP contribution in [0.2, 0.25) is 0 Å². The second kappa shape index (κ2) is 5.57. The lowest BCUT2D eigenvalue weighted by Crippen LogP contribution is -2.11. The first kappa shape index (κ1) is 13.8. The molecule has 2 nitrogen and oxygen atoms in total. The van der Waals surface area contributed by atoms with Gasteiger partial charge in [-0.1, -0.05) is 20.8 Å². The molecule has 0 radical (unpaired) electrons. The van der Waals surface area contributed by atoms with Crippen LogP contribution < -0.4 is 4.74 Å². The summed E-state index contributed by atoms with van der Waals surface area (Å²) >= 11 is 3.94. The van der Waals surface area contributed by atoms with Crippen LogP contribution in [-0.2, 0) is 12.0 Å². The molecule has 0 saturated carbocycles. The third kappa shape index (κ3) is 3.68. The fourth-order valence-corrected chi connectivity index (χ4v) is 2.69. The average Bonchev–Trinajstić information content (AvgIpc) is 2.77. The van der Waals surface area contributed by atoms with E-state index in [-0.39, 0.29) is 5.41 Å². The van der Waals surface area contributed by atoms with E-state index < -0.39 is 0 Å². The molecule has 0 saturated heterocycles. The third-order valence-corrected chi connectivity index (χ3v) is 4.04. The van der Waals surface area contributed by atoms with Gasteiger partial charge in [0, 0.05) is 14.4 Å². The van der Waals surface area contributed by atoms with Crippen LogP contribution in [0.25, 0.3) is 0 Å². The predicted octanol–water partition coefficient (Wildman–Crippen LogP) is 4.62. The SMILES string of the molecule is CC(C)(C)c1csc(COc2ccc(I)cc2)n1. The molecule has 0 aliphatic carbocycles. The minimum Gasteiger partial charge on any atom is -0.486 e. The molecule has 1 aromatic carbocycles. The lowest BCUT2D eigenvalue weighted by molar-refractivity contribution is 0.305. The van der Waals surface area contributed by atoms with Crippen LogP contribution in [0.1, 0.15) is 31.5 Å². The second-order valence-electron chi connectivity index (χ2n) is 5.12. The number of ether oxygens (including phenoxy) is 1. The summed E-state index contributed by atoms with van der Waals surface area (Å²) in [7, 11) is 0. The Morgan fingerprint density at radius 2 is 1.89 bits per heavy atom. The molecule has 0 aliphatic rings. The van der Waals surface area contributed by atoms with Gasteiger partial charge in [-0.3, -0.25) is 0 Å². The van der Waals surface area contributed by atoms with Gasteiger partial charge in [-0.15, -0.1) is 11.3 Å². The Labute approximate surface area is 126 Å². The number of aromatic nitrogens is 1. The number of rotatable bonds is 3. The summed E-state index contributed by atoms with van der Waals surface area (Å²) in [5.74, 6) is 0.892. The zero-order chi connectivity index (χ0) is 13.2. The zero-order valence-corrected chi connectivity index (χ0v) is 13.7. The number of hydrogen-bond donors (Lipinski definition) is 0. The molecular formula is C14H16INOS. The normalized spacial score (nSPS) is 11.6. The minimum atomic E-state index is 0.109. The Hall–Kier alpha value is -0.620. The fraction of sp³-hybridized carbons (Fsp3) is 0.357. The quantitative estimate of drug-likeness (QED) is 0.733. The third-order valence-electron chi connectivity index (χ3n) is 2.50. The molecule has 1 aromatic heterocycles. The minimum absolute atomic E-state index is 0.109. The summed E-state index contributed by atoms with van der Waals surface area (Å²) in [5.41, 5.74) is 1.24. The number of nitrogens with zero attached hydrogens (tertiary/aromatic N) is 1. The molecule has 18 heavy (non-hydrogen) atoms. The number of halogens is 1. The van der Waals surface area contributed by atoms with Gasteiger partial charge in [-0.2, -0.15) is 0 Å². The van der Waals surface area contributed by atoms with Crippen molar-refractivity contribution in [2.24, 2.45) is 0 Å². The highest BCUT2D eigenvalue weighted by Gasteiger charge is 2.17. The Balaban J connectivity index is 1.98. The van der Waals surface area contributed by atoms with E-state index in [1.54, 1.807) is 11.3 Å². The van der Waals surface area contributed by atoms with E-state index in [0.717, 1.165) is 16.5 Å². The number of hydrogen-bond acceptors (Lipinski definition) is 3. The van der Waals surface area contributed by atoms with Crippen molar-refractivity contribution in [1.82, 2.24) is 4.98 Å². The number of benzene rings is 1. The maximum absolute atomic E-state index is 5.72. The van der Waals surface area contributed by atoms with Crippen LogP contribution >= 0.6 is 33.9 Å². The Kier molecular flexibility index (Phi) is 4.27. The molecule has 0 unspecified atom stereocenters. The Morgan fingerprint density at radius 1 is 1.22 bits per heavy atom. The smallest absolute Gasteiger partial charge is 0.140 e. The van der Waals surface area contributed by atoms with Gasteiger partial charge in [-0.25, -0.2) is 4.98 Å². The first-order valence-corrected chi connectivity index (χ1v) is 7.74. The van der Waals surface area contributed by atoms with Crippen molar-refractivity contribution < 1.29 is 4.74 Å². The summed E-state index contributed by atoms with van der Waals surface area (Å²) in [5, 5.41) is 3.14. The maximum Gasteiger partial charge on any atom is 0.140 e. The van der Waals surface area contributed by atoms with Crippen LogP contribution in [-0.4, -0.2) is 4.98 Å². The first-order chi connectivity index (χ1) is 8.45. The van der Waals surface area contributed by atoms with Gasteiger partial charge in [0.1, 0.15) is 17.4 Å². The Bertz CT molecular complexity index is 513. The molecule has 0 aliphatic heterocycles. The van der Waals surface area contributed by atoms with Gasteiger partial charge in [0.2, 0.25) is 0 Å². The first-order valence-electron chi connectivity index (χ1n) is 5.78. The van der Waals surface area contributed by atoms with Crippen molar-refractivity contribution in [2.75, 3.05) is 0 Å². The van der Waals surface area contributed by atoms with Crippen molar-refractivity contribution in [3.05, 3.63) is 43.9 Å². The van der Waals surface area contributed by atoms with Crippen LogP contribution in [0.15, 0.2) is 29.6 Å². The van der Waals surface area contributed by atoms with E-state index in [2.05, 4.69) is 53.7 Å². The standard InChI is InChI=1S/C14H16INOS/c1-14(2,3)12-9-18-13(16-12)8-17-11-6-4-10(15)5-7-11/h4-7,9H,8H2,1-3H3. The lowest BCUT2D eigenvalue weighted by Gasteiger charge is -2.14. The molecule has 2 aromatic rings. The molecule has 0 spiro atoms. The maximum atomic E-state index is 5.72. The van der Waals surface area contributed by atoms with Crippen molar-refractivity contribution in [2.45, 2.75) is 32.8 Å². The van der Waals surface area contributed by atoms with Gasteiger partial charge >= 0.3 is 0 Å². The molecule has 0 bridgehead atoms. The van der Waals surface area contributed by atoms with Gasteiger partial charge < -0.3 is 4.74 Å². The van der Waals surface area contributed by atoms with Gasteiger partial charge in [0.25, 0.3) is 0 Å². The van der Waals surface area contributed by atoms with Crippen molar-refractivity contribution in [3.8, 4) is 5.75 Å². The van der Waals surface area contributed by atoms with E-state index in [4.69, 9.17) is 4.74 Å². The fourth-order valence-electron chi connectivity index (χ4n) is 1.40. The molecule has 96 valence electrons. The molecular weight excluding hydrogens is 357 g/mol. The second-order valence-corrected chi connectivity index (χ2v) is 7.31. The summed E-state index contributed by atoms with van der Waals surface area (Å²) in [4.78, 5) is 4.61. The van der Waals surface area contributed by atoms with Crippen molar-refractivity contribution >= 4 is 33.9 Å². The largest absolute Gasteiger partial charge is 0.486 e. The van der Waals surface area contributed by atoms with Crippen molar-refractivity contribution in [1.29, 1.82) is 0 Å². The van der Waals surface area contributed by atoms with Crippen LogP contribution in [0, 0.1) is 3.57 Å². The summed E-state index contributed by atoms with van der Waals surface area (Å²) in [6.45, 7) is 7.06. The highest BCUT2D eigenvalue weighted by Crippen LogP contribution is 2.24. The van der Waals surface area contributed by atoms with Gasteiger partial charge in [-0.05, 0) is 46.9 Å². The van der Waals surface area contributed by atoms with Crippen LogP contribution in [0.5, 0.6) is 5.75 Å². The van der Waals surface area contributed by atoms with E-state index in [1.807, 2.05) is 24.3 Å². The van der Waals surface area contributed by atoms with E-state index in [9.17, 15) is 0 Å². The summed E-state index contributed by atoms with van der Waals surface area (Å²) in [6, 6.07) is 8.05. The van der Waals surface area contributed by atoms with Crippen LogP contribution in [0.3, 0.4) is 0 Å². The van der Waals surface area contributed by atoms with E-state index >= 15 is 0 Å². The predicted molar refractivity (Wildman–Crippen MR) is 84.3 cm³/mol. The topological polar surface area (TPSA) is 22.1 Å².